The second kappa shape index (κ2) is 9.19. The molecule has 3 aromatic carbocycles. The maximum absolute atomic E-state index is 12.4. The summed E-state index contributed by atoms with van der Waals surface area (Å²) >= 11 is 3.34. The van der Waals surface area contributed by atoms with E-state index >= 15 is 0 Å². The molecule has 3 rings (SSSR count). The van der Waals surface area contributed by atoms with Gasteiger partial charge < -0.3 is 15.4 Å². The summed E-state index contributed by atoms with van der Waals surface area (Å²) in [5, 5.41) is 16.6. The number of halogens is 1. The molecule has 8 nitrogen and oxygen atoms in total. The predicted octanol–water partition coefficient (Wildman–Crippen LogP) is 4.87. The van der Waals surface area contributed by atoms with Crippen LogP contribution in [0.25, 0.3) is 0 Å². The van der Waals surface area contributed by atoms with Crippen molar-refractivity contribution in [3.63, 3.8) is 0 Å². The van der Waals surface area contributed by atoms with Crippen LogP contribution in [0.2, 0.25) is 0 Å². The number of hydrogen-bond donors (Lipinski definition) is 2. The number of carbonyl (C=O) groups is 2. The highest BCUT2D eigenvalue weighted by Crippen LogP contribution is 2.28. The van der Waals surface area contributed by atoms with Crippen molar-refractivity contribution in [2.24, 2.45) is 0 Å². The molecular formula is C21H16BrN3O5. The summed E-state index contributed by atoms with van der Waals surface area (Å²) in [6.45, 7) is 0. The molecule has 0 heterocycles. The SMILES string of the molecule is COc1ccc(C(=O)Nc2ccc(NC(=O)c3ccccc3Br)cc2)cc1[N+](=O)[O-]. The van der Waals surface area contributed by atoms with E-state index in [9.17, 15) is 19.7 Å². The van der Waals surface area contributed by atoms with Crippen molar-refractivity contribution >= 4 is 44.8 Å². The lowest BCUT2D eigenvalue weighted by Crippen LogP contribution is -2.14. The van der Waals surface area contributed by atoms with Crippen molar-refractivity contribution in [2.45, 2.75) is 0 Å². The molecule has 0 fully saturated rings. The van der Waals surface area contributed by atoms with Crippen LogP contribution >= 0.6 is 15.9 Å². The molecule has 0 unspecified atom stereocenters. The largest absolute Gasteiger partial charge is 0.490 e. The van der Waals surface area contributed by atoms with E-state index in [4.69, 9.17) is 4.74 Å². The van der Waals surface area contributed by atoms with Crippen LogP contribution < -0.4 is 15.4 Å². The minimum Gasteiger partial charge on any atom is -0.490 e. The third-order valence-electron chi connectivity index (χ3n) is 4.16. The Labute approximate surface area is 180 Å². The summed E-state index contributed by atoms with van der Waals surface area (Å²) in [7, 11) is 1.32. The summed E-state index contributed by atoms with van der Waals surface area (Å²) in [6, 6.07) is 17.5. The zero-order valence-electron chi connectivity index (χ0n) is 15.7. The first kappa shape index (κ1) is 21.0. The van der Waals surface area contributed by atoms with Crippen LogP contribution in [0.4, 0.5) is 17.1 Å². The van der Waals surface area contributed by atoms with E-state index in [0.29, 0.717) is 21.4 Å². The van der Waals surface area contributed by atoms with Gasteiger partial charge in [-0.1, -0.05) is 12.1 Å². The lowest BCUT2D eigenvalue weighted by atomic mass is 10.1. The number of hydrogen-bond acceptors (Lipinski definition) is 5. The van der Waals surface area contributed by atoms with Gasteiger partial charge >= 0.3 is 5.69 Å². The van der Waals surface area contributed by atoms with Crippen LogP contribution in [0.3, 0.4) is 0 Å². The topological polar surface area (TPSA) is 111 Å². The first-order valence-corrected chi connectivity index (χ1v) is 9.48. The number of nitro benzene ring substituents is 1. The molecule has 152 valence electrons. The lowest BCUT2D eigenvalue weighted by molar-refractivity contribution is -0.385. The molecule has 0 saturated heterocycles. The summed E-state index contributed by atoms with van der Waals surface area (Å²) < 4.78 is 5.61. The molecule has 0 aromatic heterocycles. The van der Waals surface area contributed by atoms with E-state index in [1.54, 1.807) is 42.5 Å². The summed E-state index contributed by atoms with van der Waals surface area (Å²) in [4.78, 5) is 35.3. The van der Waals surface area contributed by atoms with E-state index in [1.807, 2.05) is 6.07 Å². The van der Waals surface area contributed by atoms with Gasteiger partial charge in [-0.2, -0.15) is 0 Å². The number of carbonyl (C=O) groups excluding carboxylic acids is 2. The maximum atomic E-state index is 12.4. The third kappa shape index (κ3) is 4.81. The third-order valence-corrected chi connectivity index (χ3v) is 4.85. The Bertz CT molecular complexity index is 1120. The molecule has 0 aliphatic carbocycles. The molecule has 3 aromatic rings. The van der Waals surface area contributed by atoms with Crippen LogP contribution in [0.15, 0.2) is 71.2 Å². The second-order valence-corrected chi connectivity index (χ2v) is 6.96. The van der Waals surface area contributed by atoms with Gasteiger partial charge in [0.15, 0.2) is 5.75 Å². The highest BCUT2D eigenvalue weighted by molar-refractivity contribution is 9.10. The van der Waals surface area contributed by atoms with Crippen LogP contribution in [-0.2, 0) is 0 Å². The fraction of sp³-hybridized carbons (Fsp3) is 0.0476. The van der Waals surface area contributed by atoms with Gasteiger partial charge in [-0.25, -0.2) is 0 Å². The van der Waals surface area contributed by atoms with Gasteiger partial charge in [0.25, 0.3) is 11.8 Å². The standard InChI is InChI=1S/C21H16BrN3O5/c1-30-19-11-6-13(12-18(19)25(28)29)20(26)23-14-7-9-15(10-8-14)24-21(27)16-4-2-3-5-17(16)22/h2-12H,1H3,(H,23,26)(H,24,27). The molecule has 9 heteroatoms. The molecule has 2 N–H and O–H groups in total. The number of ether oxygens (including phenoxy) is 1. The van der Waals surface area contributed by atoms with Gasteiger partial charge in [-0.15, -0.1) is 0 Å². The minimum absolute atomic E-state index is 0.0710. The number of anilines is 2. The summed E-state index contributed by atoms with van der Waals surface area (Å²) in [6.07, 6.45) is 0. The Hall–Kier alpha value is -3.72. The van der Waals surface area contributed by atoms with Crippen LogP contribution in [0, 0.1) is 10.1 Å². The average Bonchev–Trinajstić information content (AvgIpc) is 2.74. The van der Waals surface area contributed by atoms with Gasteiger partial charge in [-0.05, 0) is 64.5 Å². The Morgan fingerprint density at radius 2 is 1.53 bits per heavy atom. The molecule has 0 radical (unpaired) electrons. The Kier molecular flexibility index (Phi) is 6.43. The van der Waals surface area contributed by atoms with Crippen molar-refractivity contribution in [1.29, 1.82) is 0 Å². The summed E-state index contributed by atoms with van der Waals surface area (Å²) in [5.41, 5.74) is 1.34. The molecule has 0 atom stereocenters. The molecule has 0 saturated carbocycles. The molecule has 2 amide bonds. The molecule has 30 heavy (non-hydrogen) atoms. The van der Waals surface area contributed by atoms with Crippen LogP contribution in [-0.4, -0.2) is 23.8 Å². The van der Waals surface area contributed by atoms with E-state index in [1.165, 1.54) is 19.2 Å². The Balaban J connectivity index is 1.69. The quantitative estimate of drug-likeness (QED) is 0.395. The summed E-state index contributed by atoms with van der Waals surface area (Å²) in [5.74, 6) is -0.711. The van der Waals surface area contributed by atoms with Crippen molar-refractivity contribution < 1.29 is 19.2 Å². The average molecular weight is 470 g/mol. The fourth-order valence-electron chi connectivity index (χ4n) is 2.66. The zero-order valence-corrected chi connectivity index (χ0v) is 17.3. The Morgan fingerprint density at radius 3 is 2.10 bits per heavy atom. The monoisotopic (exact) mass is 469 g/mol. The van der Waals surface area contributed by atoms with Gasteiger partial charge in [0.05, 0.1) is 17.6 Å². The normalized spacial score (nSPS) is 10.2. The van der Waals surface area contributed by atoms with E-state index in [0.717, 1.165) is 6.07 Å². The van der Waals surface area contributed by atoms with Gasteiger partial charge in [-0.3, -0.25) is 19.7 Å². The van der Waals surface area contributed by atoms with Gasteiger partial charge in [0.1, 0.15) is 0 Å². The van der Waals surface area contributed by atoms with Gasteiger partial charge in [0.2, 0.25) is 0 Å². The molecule has 0 spiro atoms. The number of nitrogens with zero attached hydrogens (tertiary/aromatic N) is 1. The highest BCUT2D eigenvalue weighted by Gasteiger charge is 2.18. The zero-order chi connectivity index (χ0) is 21.7. The maximum Gasteiger partial charge on any atom is 0.311 e. The van der Waals surface area contributed by atoms with Crippen molar-refractivity contribution in [3.8, 4) is 5.75 Å². The van der Waals surface area contributed by atoms with E-state index < -0.39 is 10.8 Å². The van der Waals surface area contributed by atoms with Crippen LogP contribution in [0.5, 0.6) is 5.75 Å². The van der Waals surface area contributed by atoms with Crippen molar-refractivity contribution in [1.82, 2.24) is 0 Å². The van der Waals surface area contributed by atoms with Crippen molar-refractivity contribution in [2.75, 3.05) is 17.7 Å². The number of amides is 2. The Morgan fingerprint density at radius 1 is 0.933 bits per heavy atom. The predicted molar refractivity (Wildman–Crippen MR) is 116 cm³/mol. The van der Waals surface area contributed by atoms with E-state index in [2.05, 4.69) is 26.6 Å². The van der Waals surface area contributed by atoms with Crippen LogP contribution in [0.1, 0.15) is 20.7 Å². The minimum atomic E-state index is -0.613. The lowest BCUT2D eigenvalue weighted by Gasteiger charge is -2.09. The number of rotatable bonds is 6. The first-order valence-electron chi connectivity index (χ1n) is 8.69. The highest BCUT2D eigenvalue weighted by atomic mass is 79.9. The number of methoxy groups -OCH3 is 1. The first-order chi connectivity index (χ1) is 14.4. The second-order valence-electron chi connectivity index (χ2n) is 6.11. The number of nitro groups is 1. The number of benzene rings is 3. The molecule has 0 bridgehead atoms. The fourth-order valence-corrected chi connectivity index (χ4v) is 3.12. The van der Waals surface area contributed by atoms with Crippen molar-refractivity contribution in [3.05, 3.63) is 92.4 Å². The molecular weight excluding hydrogens is 454 g/mol. The number of nitrogens with one attached hydrogen (secondary N) is 2. The molecule has 0 aliphatic heterocycles. The van der Waals surface area contributed by atoms with E-state index in [-0.39, 0.29) is 22.9 Å². The smallest absolute Gasteiger partial charge is 0.311 e. The molecule has 0 aliphatic rings. The van der Waals surface area contributed by atoms with Gasteiger partial charge in [0, 0.05) is 27.5 Å².